The first kappa shape index (κ1) is 16.4. The number of phenolic OH excluding ortho intramolecular Hbond substituents is 1. The maximum Gasteiger partial charge on any atom is 0.128 e. The predicted molar refractivity (Wildman–Crippen MR) is 95.3 cm³/mol. The lowest BCUT2D eigenvalue weighted by Crippen LogP contribution is -2.53. The highest BCUT2D eigenvalue weighted by Crippen LogP contribution is 2.56. The highest BCUT2D eigenvalue weighted by molar-refractivity contribution is 5.56. The van der Waals surface area contributed by atoms with Gasteiger partial charge in [0.05, 0.1) is 0 Å². The summed E-state index contributed by atoms with van der Waals surface area (Å²) in [7, 11) is 0. The van der Waals surface area contributed by atoms with Crippen molar-refractivity contribution in [1.29, 1.82) is 0 Å². The second-order valence-corrected chi connectivity index (χ2v) is 8.16. The van der Waals surface area contributed by atoms with E-state index >= 15 is 0 Å². The van der Waals surface area contributed by atoms with Gasteiger partial charge in [-0.2, -0.15) is 0 Å². The maximum atomic E-state index is 10.8. The first-order valence-electron chi connectivity index (χ1n) is 9.01. The molecule has 0 saturated heterocycles. The van der Waals surface area contributed by atoms with Gasteiger partial charge in [-0.25, -0.2) is 0 Å². The summed E-state index contributed by atoms with van der Waals surface area (Å²) in [5.74, 6) is 1.67. The van der Waals surface area contributed by atoms with Crippen LogP contribution < -0.4 is 4.74 Å². The van der Waals surface area contributed by atoms with Crippen LogP contribution in [0.5, 0.6) is 11.5 Å². The molecule has 126 valence electrons. The standard InChI is InChI=1S/C21H30O2/c1-6-7-8-15-11-16(22)19-17(12-15)23-20(3,4)18-10-9-14(2)13-21(18,19)5/h11-13,18,22H,6-10H2,1-5H3/t18-,21+/m0/s1. The summed E-state index contributed by atoms with van der Waals surface area (Å²) in [5.41, 5.74) is 3.22. The van der Waals surface area contributed by atoms with Crippen LogP contribution in [0.1, 0.15) is 71.4 Å². The second-order valence-electron chi connectivity index (χ2n) is 8.16. The van der Waals surface area contributed by atoms with E-state index in [1.807, 2.05) is 6.07 Å². The fourth-order valence-corrected chi connectivity index (χ4v) is 4.83. The summed E-state index contributed by atoms with van der Waals surface area (Å²) in [5, 5.41) is 10.8. The van der Waals surface area contributed by atoms with Gasteiger partial charge in [0, 0.05) is 16.9 Å². The van der Waals surface area contributed by atoms with Crippen molar-refractivity contribution in [2.24, 2.45) is 5.92 Å². The number of aryl methyl sites for hydroxylation is 1. The van der Waals surface area contributed by atoms with Gasteiger partial charge in [0.25, 0.3) is 0 Å². The molecule has 3 rings (SSSR count). The molecule has 2 heteroatoms. The van der Waals surface area contributed by atoms with Gasteiger partial charge in [-0.05, 0) is 64.2 Å². The van der Waals surface area contributed by atoms with Gasteiger partial charge in [0.2, 0.25) is 0 Å². The molecule has 2 aliphatic rings. The Hall–Kier alpha value is -1.44. The Morgan fingerprint density at radius 1 is 1.26 bits per heavy atom. The molecule has 1 heterocycles. The summed E-state index contributed by atoms with van der Waals surface area (Å²) in [6, 6.07) is 4.11. The normalized spacial score (nSPS) is 28.4. The topological polar surface area (TPSA) is 29.5 Å². The molecule has 0 radical (unpaired) electrons. The van der Waals surface area contributed by atoms with Gasteiger partial charge in [0.1, 0.15) is 17.1 Å². The molecule has 2 atom stereocenters. The zero-order valence-corrected chi connectivity index (χ0v) is 15.2. The average molecular weight is 314 g/mol. The van der Waals surface area contributed by atoms with E-state index < -0.39 is 0 Å². The van der Waals surface area contributed by atoms with Crippen molar-refractivity contribution >= 4 is 0 Å². The number of hydrogen-bond donors (Lipinski definition) is 1. The molecule has 1 N–H and O–H groups in total. The van der Waals surface area contributed by atoms with E-state index in [0.29, 0.717) is 11.7 Å². The minimum absolute atomic E-state index is 0.146. The third kappa shape index (κ3) is 2.66. The van der Waals surface area contributed by atoms with Crippen molar-refractivity contribution in [3.05, 3.63) is 34.9 Å². The maximum absolute atomic E-state index is 10.8. The van der Waals surface area contributed by atoms with Gasteiger partial charge >= 0.3 is 0 Å². The number of fused-ring (bicyclic) bond motifs is 3. The van der Waals surface area contributed by atoms with E-state index in [4.69, 9.17) is 4.74 Å². The van der Waals surface area contributed by atoms with Crippen molar-refractivity contribution in [3.8, 4) is 11.5 Å². The zero-order chi connectivity index (χ0) is 16.8. The molecule has 23 heavy (non-hydrogen) atoms. The zero-order valence-electron chi connectivity index (χ0n) is 15.2. The number of allylic oxidation sites excluding steroid dienone is 2. The Morgan fingerprint density at radius 3 is 2.70 bits per heavy atom. The summed E-state index contributed by atoms with van der Waals surface area (Å²) in [6.45, 7) is 11.1. The summed E-state index contributed by atoms with van der Waals surface area (Å²) in [4.78, 5) is 0. The fraction of sp³-hybridized carbons (Fsp3) is 0.619. The van der Waals surface area contributed by atoms with Crippen LogP contribution in [0.15, 0.2) is 23.8 Å². The number of unbranched alkanes of at least 4 members (excludes halogenated alkanes) is 1. The Bertz CT molecular complexity index is 641. The van der Waals surface area contributed by atoms with Gasteiger partial charge < -0.3 is 9.84 Å². The lowest BCUT2D eigenvalue weighted by molar-refractivity contribution is -0.0145. The molecule has 0 saturated carbocycles. The molecular formula is C21H30O2. The molecule has 1 aliphatic heterocycles. The summed E-state index contributed by atoms with van der Waals surface area (Å²) in [6.07, 6.45) is 7.90. The molecule has 0 bridgehead atoms. The van der Waals surface area contributed by atoms with Gasteiger partial charge in [-0.3, -0.25) is 0 Å². The molecule has 0 amide bonds. The quantitative estimate of drug-likeness (QED) is 0.744. The number of aromatic hydroxyl groups is 1. The van der Waals surface area contributed by atoms with E-state index in [9.17, 15) is 5.11 Å². The first-order chi connectivity index (χ1) is 10.8. The molecular weight excluding hydrogens is 284 g/mol. The van der Waals surface area contributed by atoms with E-state index in [0.717, 1.165) is 43.4 Å². The minimum atomic E-state index is -0.214. The lowest BCUT2D eigenvalue weighted by Gasteiger charge is -2.52. The van der Waals surface area contributed by atoms with Crippen LogP contribution in [-0.2, 0) is 11.8 Å². The van der Waals surface area contributed by atoms with E-state index in [-0.39, 0.29) is 11.0 Å². The van der Waals surface area contributed by atoms with Crippen molar-refractivity contribution in [2.75, 3.05) is 0 Å². The molecule has 1 aromatic carbocycles. The SMILES string of the molecule is CCCCc1cc(O)c2c(c1)OC(C)(C)[C@@H]1CCC(C)=C[C@@]21C. The molecule has 0 spiro atoms. The van der Waals surface area contributed by atoms with Crippen molar-refractivity contribution < 1.29 is 9.84 Å². The molecule has 1 aromatic rings. The van der Waals surface area contributed by atoms with E-state index in [2.05, 4.69) is 46.8 Å². The van der Waals surface area contributed by atoms with Crippen LogP contribution in [0.25, 0.3) is 0 Å². The van der Waals surface area contributed by atoms with Gasteiger partial charge in [-0.1, -0.05) is 31.9 Å². The van der Waals surface area contributed by atoms with E-state index in [1.165, 1.54) is 11.1 Å². The van der Waals surface area contributed by atoms with Crippen molar-refractivity contribution in [3.63, 3.8) is 0 Å². The number of phenols is 1. The molecule has 0 unspecified atom stereocenters. The van der Waals surface area contributed by atoms with Crippen LogP contribution in [0.2, 0.25) is 0 Å². The highest BCUT2D eigenvalue weighted by Gasteiger charge is 2.52. The van der Waals surface area contributed by atoms with Gasteiger partial charge in [-0.15, -0.1) is 0 Å². The predicted octanol–water partition coefficient (Wildman–Crippen LogP) is 5.52. The summed E-state index contributed by atoms with van der Waals surface area (Å²) < 4.78 is 6.40. The van der Waals surface area contributed by atoms with Crippen LogP contribution in [-0.4, -0.2) is 10.7 Å². The molecule has 0 fully saturated rings. The number of hydrogen-bond acceptors (Lipinski definition) is 2. The number of rotatable bonds is 3. The van der Waals surface area contributed by atoms with Crippen LogP contribution in [0.3, 0.4) is 0 Å². The number of ether oxygens (including phenoxy) is 1. The van der Waals surface area contributed by atoms with Crippen LogP contribution in [0.4, 0.5) is 0 Å². The fourth-order valence-electron chi connectivity index (χ4n) is 4.83. The Morgan fingerprint density at radius 2 is 2.00 bits per heavy atom. The first-order valence-corrected chi connectivity index (χ1v) is 9.01. The molecule has 2 nitrogen and oxygen atoms in total. The van der Waals surface area contributed by atoms with Gasteiger partial charge in [0.15, 0.2) is 0 Å². The third-order valence-corrected chi connectivity index (χ3v) is 5.81. The number of benzene rings is 1. The minimum Gasteiger partial charge on any atom is -0.507 e. The second kappa shape index (κ2) is 5.58. The monoisotopic (exact) mass is 314 g/mol. The van der Waals surface area contributed by atoms with E-state index in [1.54, 1.807) is 0 Å². The third-order valence-electron chi connectivity index (χ3n) is 5.81. The highest BCUT2D eigenvalue weighted by atomic mass is 16.5. The Labute approximate surface area is 140 Å². The summed E-state index contributed by atoms with van der Waals surface area (Å²) >= 11 is 0. The Balaban J connectivity index is 2.15. The van der Waals surface area contributed by atoms with Crippen LogP contribution in [0, 0.1) is 5.92 Å². The van der Waals surface area contributed by atoms with Crippen molar-refractivity contribution in [2.45, 2.75) is 77.7 Å². The Kier molecular flexibility index (Phi) is 3.98. The smallest absolute Gasteiger partial charge is 0.128 e. The van der Waals surface area contributed by atoms with Crippen LogP contribution >= 0.6 is 0 Å². The molecule has 1 aliphatic carbocycles. The average Bonchev–Trinajstić information content (AvgIpc) is 2.42. The van der Waals surface area contributed by atoms with Crippen molar-refractivity contribution in [1.82, 2.24) is 0 Å². The largest absolute Gasteiger partial charge is 0.507 e. The molecule has 0 aromatic heterocycles. The lowest BCUT2D eigenvalue weighted by atomic mass is 9.58.